The van der Waals surface area contributed by atoms with Crippen molar-refractivity contribution in [1.29, 1.82) is 0 Å². The average molecular weight is 284 g/mol. The summed E-state index contributed by atoms with van der Waals surface area (Å²) in [6.45, 7) is 6.12. The van der Waals surface area contributed by atoms with Crippen LogP contribution in [0, 0.1) is 6.92 Å². The third-order valence-electron chi connectivity index (χ3n) is 3.36. The lowest BCUT2D eigenvalue weighted by Crippen LogP contribution is -2.13. The molecule has 21 heavy (non-hydrogen) atoms. The molecule has 1 atom stereocenters. The number of ether oxygens (including phenoxy) is 1. The lowest BCUT2D eigenvalue weighted by molar-refractivity contribution is 0.241. The van der Waals surface area contributed by atoms with Crippen LogP contribution in [-0.4, -0.2) is 11.1 Å². The Hall–Kier alpha value is -1.87. The normalized spacial score (nSPS) is 12.4. The van der Waals surface area contributed by atoms with E-state index in [-0.39, 0.29) is 12.1 Å². The second kappa shape index (κ2) is 7.23. The number of hydrogen-bond donors (Lipinski definition) is 1. The summed E-state index contributed by atoms with van der Waals surface area (Å²) in [6.07, 6.45) is 5.57. The minimum absolute atomic E-state index is 0.0197. The van der Waals surface area contributed by atoms with Crippen LogP contribution in [0.1, 0.15) is 43.0 Å². The molecule has 3 nitrogen and oxygen atoms in total. The highest BCUT2D eigenvalue weighted by atomic mass is 16.5. The van der Waals surface area contributed by atoms with E-state index in [4.69, 9.17) is 10.5 Å². The molecule has 2 aromatic rings. The standard InChI is InChI=1S/C18H24N2O/c1-13(2)21-17-10-16(11-20-12-17)18(19)8-7-15-6-4-5-14(3)9-15/h4-6,9-13,18H,7-8,19H2,1-3H3. The molecule has 2 rings (SSSR count). The van der Waals surface area contributed by atoms with Crippen molar-refractivity contribution >= 4 is 0 Å². The molecule has 0 amide bonds. The molecule has 1 aromatic heterocycles. The molecule has 0 fully saturated rings. The first-order valence-corrected chi connectivity index (χ1v) is 7.47. The van der Waals surface area contributed by atoms with Crippen LogP contribution in [-0.2, 0) is 6.42 Å². The second-order valence-electron chi connectivity index (χ2n) is 5.75. The molecular formula is C18H24N2O. The summed E-state index contributed by atoms with van der Waals surface area (Å²) in [5.41, 5.74) is 9.93. The summed E-state index contributed by atoms with van der Waals surface area (Å²) in [6, 6.07) is 10.5. The average Bonchev–Trinajstić information content (AvgIpc) is 2.44. The van der Waals surface area contributed by atoms with Crippen molar-refractivity contribution in [3.05, 3.63) is 59.4 Å². The molecule has 1 heterocycles. The van der Waals surface area contributed by atoms with Gasteiger partial charge in [-0.3, -0.25) is 4.98 Å². The van der Waals surface area contributed by atoms with Gasteiger partial charge in [0.15, 0.2) is 0 Å². The third-order valence-corrected chi connectivity index (χ3v) is 3.36. The van der Waals surface area contributed by atoms with E-state index in [9.17, 15) is 0 Å². The quantitative estimate of drug-likeness (QED) is 0.877. The van der Waals surface area contributed by atoms with Gasteiger partial charge in [0.25, 0.3) is 0 Å². The van der Waals surface area contributed by atoms with E-state index >= 15 is 0 Å². The number of pyridine rings is 1. The van der Waals surface area contributed by atoms with Crippen LogP contribution in [0.2, 0.25) is 0 Å². The van der Waals surface area contributed by atoms with Gasteiger partial charge in [-0.25, -0.2) is 0 Å². The number of nitrogens with zero attached hydrogens (tertiary/aromatic N) is 1. The molecule has 3 heteroatoms. The van der Waals surface area contributed by atoms with Gasteiger partial charge >= 0.3 is 0 Å². The number of benzene rings is 1. The van der Waals surface area contributed by atoms with Gasteiger partial charge in [-0.05, 0) is 50.8 Å². The summed E-state index contributed by atoms with van der Waals surface area (Å²) in [5.74, 6) is 0.786. The zero-order valence-electron chi connectivity index (χ0n) is 13.0. The van der Waals surface area contributed by atoms with Gasteiger partial charge in [0.2, 0.25) is 0 Å². The number of aromatic nitrogens is 1. The Kier molecular flexibility index (Phi) is 5.34. The molecule has 0 radical (unpaired) electrons. The van der Waals surface area contributed by atoms with Crippen molar-refractivity contribution in [1.82, 2.24) is 4.98 Å². The summed E-state index contributed by atoms with van der Waals surface area (Å²) < 4.78 is 5.67. The molecule has 0 saturated heterocycles. The first-order valence-electron chi connectivity index (χ1n) is 7.47. The van der Waals surface area contributed by atoms with E-state index < -0.39 is 0 Å². The van der Waals surface area contributed by atoms with Gasteiger partial charge < -0.3 is 10.5 Å². The molecule has 0 aliphatic rings. The Morgan fingerprint density at radius 1 is 1.19 bits per heavy atom. The van der Waals surface area contributed by atoms with Crippen LogP contribution in [0.5, 0.6) is 5.75 Å². The summed E-state index contributed by atoms with van der Waals surface area (Å²) in [7, 11) is 0. The van der Waals surface area contributed by atoms with Gasteiger partial charge in [-0.15, -0.1) is 0 Å². The van der Waals surface area contributed by atoms with E-state index in [1.54, 1.807) is 6.20 Å². The van der Waals surface area contributed by atoms with Crippen LogP contribution in [0.15, 0.2) is 42.7 Å². The second-order valence-corrected chi connectivity index (χ2v) is 5.75. The van der Waals surface area contributed by atoms with Crippen LogP contribution in [0.3, 0.4) is 0 Å². The lowest BCUT2D eigenvalue weighted by Gasteiger charge is -2.14. The number of aryl methyl sites for hydroxylation is 2. The molecule has 0 bridgehead atoms. The smallest absolute Gasteiger partial charge is 0.138 e. The molecule has 1 aromatic carbocycles. The molecule has 0 aliphatic heterocycles. The molecule has 2 N–H and O–H groups in total. The summed E-state index contributed by atoms with van der Waals surface area (Å²) in [4.78, 5) is 4.22. The van der Waals surface area contributed by atoms with Crippen LogP contribution in [0.4, 0.5) is 0 Å². The maximum atomic E-state index is 6.29. The third kappa shape index (κ3) is 4.87. The van der Waals surface area contributed by atoms with E-state index in [1.807, 2.05) is 26.1 Å². The van der Waals surface area contributed by atoms with E-state index in [1.165, 1.54) is 11.1 Å². The maximum absolute atomic E-state index is 6.29. The Labute approximate surface area is 127 Å². The Balaban J connectivity index is 1.98. The van der Waals surface area contributed by atoms with Crippen molar-refractivity contribution in [2.75, 3.05) is 0 Å². The predicted molar refractivity (Wildman–Crippen MR) is 86.4 cm³/mol. The monoisotopic (exact) mass is 284 g/mol. The Morgan fingerprint density at radius 2 is 2.00 bits per heavy atom. The van der Waals surface area contributed by atoms with Gasteiger partial charge in [-0.1, -0.05) is 29.8 Å². The van der Waals surface area contributed by atoms with Gasteiger partial charge in [0.05, 0.1) is 12.3 Å². The Morgan fingerprint density at radius 3 is 2.71 bits per heavy atom. The molecule has 1 unspecified atom stereocenters. The van der Waals surface area contributed by atoms with Crippen molar-refractivity contribution < 1.29 is 4.74 Å². The lowest BCUT2D eigenvalue weighted by atomic mass is 10.00. The largest absolute Gasteiger partial charge is 0.489 e. The first-order chi connectivity index (χ1) is 10.0. The zero-order chi connectivity index (χ0) is 15.2. The van der Waals surface area contributed by atoms with E-state index in [0.717, 1.165) is 24.2 Å². The Bertz CT molecular complexity index is 581. The highest BCUT2D eigenvalue weighted by Gasteiger charge is 2.09. The molecular weight excluding hydrogens is 260 g/mol. The SMILES string of the molecule is Cc1cccc(CCC(N)c2cncc(OC(C)C)c2)c1. The van der Waals surface area contributed by atoms with Crippen molar-refractivity contribution in [2.24, 2.45) is 5.73 Å². The van der Waals surface area contributed by atoms with Crippen LogP contribution < -0.4 is 10.5 Å². The number of nitrogens with two attached hydrogens (primary N) is 1. The number of hydrogen-bond acceptors (Lipinski definition) is 3. The van der Waals surface area contributed by atoms with Gasteiger partial charge in [0, 0.05) is 12.2 Å². The summed E-state index contributed by atoms with van der Waals surface area (Å²) >= 11 is 0. The van der Waals surface area contributed by atoms with Crippen molar-refractivity contribution in [2.45, 2.75) is 45.8 Å². The number of rotatable bonds is 6. The predicted octanol–water partition coefficient (Wildman–Crippen LogP) is 3.81. The van der Waals surface area contributed by atoms with E-state index in [0.29, 0.717) is 0 Å². The highest BCUT2D eigenvalue weighted by Crippen LogP contribution is 2.21. The van der Waals surface area contributed by atoms with E-state index in [2.05, 4.69) is 36.2 Å². The minimum atomic E-state index is -0.0197. The van der Waals surface area contributed by atoms with Crippen LogP contribution in [0.25, 0.3) is 0 Å². The summed E-state index contributed by atoms with van der Waals surface area (Å²) in [5, 5.41) is 0. The van der Waals surface area contributed by atoms with Crippen LogP contribution >= 0.6 is 0 Å². The zero-order valence-corrected chi connectivity index (χ0v) is 13.0. The highest BCUT2D eigenvalue weighted by molar-refractivity contribution is 5.27. The molecule has 0 saturated carbocycles. The molecule has 0 aliphatic carbocycles. The molecule has 0 spiro atoms. The van der Waals surface area contributed by atoms with Gasteiger partial charge in [-0.2, -0.15) is 0 Å². The molecule has 112 valence electrons. The fourth-order valence-electron chi connectivity index (χ4n) is 2.33. The van der Waals surface area contributed by atoms with Crippen molar-refractivity contribution in [3.8, 4) is 5.75 Å². The topological polar surface area (TPSA) is 48.1 Å². The fourth-order valence-corrected chi connectivity index (χ4v) is 2.33. The fraction of sp³-hybridized carbons (Fsp3) is 0.389. The maximum Gasteiger partial charge on any atom is 0.138 e. The van der Waals surface area contributed by atoms with Crippen molar-refractivity contribution in [3.63, 3.8) is 0 Å². The first kappa shape index (κ1) is 15.5. The minimum Gasteiger partial charge on any atom is -0.489 e. The van der Waals surface area contributed by atoms with Gasteiger partial charge in [0.1, 0.15) is 5.75 Å².